The number of nitrogens with one attached hydrogen (secondary N) is 1. The van der Waals surface area contributed by atoms with Gasteiger partial charge in [-0.1, -0.05) is 18.6 Å². The van der Waals surface area contributed by atoms with Crippen molar-refractivity contribution < 1.29 is 4.79 Å². The van der Waals surface area contributed by atoms with Gasteiger partial charge in [-0.25, -0.2) is 4.98 Å². The highest BCUT2D eigenvalue weighted by molar-refractivity contribution is 7.22. The highest BCUT2D eigenvalue weighted by atomic mass is 32.1. The van der Waals surface area contributed by atoms with E-state index in [-0.39, 0.29) is 11.8 Å². The molecule has 3 aromatic rings. The SMILES string of the molecule is O=C(Nc1sccc1-c1nc2ccccc2s1)C1CCC1. The number of benzene rings is 1. The molecule has 1 aliphatic rings. The van der Waals surface area contributed by atoms with Gasteiger partial charge in [0.15, 0.2) is 0 Å². The minimum atomic E-state index is 0.158. The number of hydrogen-bond acceptors (Lipinski definition) is 4. The van der Waals surface area contributed by atoms with Crippen molar-refractivity contribution in [1.29, 1.82) is 0 Å². The molecule has 3 nitrogen and oxygen atoms in total. The second-order valence-corrected chi connectivity index (χ2v) is 7.21. The van der Waals surface area contributed by atoms with Gasteiger partial charge in [0.2, 0.25) is 5.91 Å². The number of amides is 1. The van der Waals surface area contributed by atoms with E-state index in [4.69, 9.17) is 0 Å². The smallest absolute Gasteiger partial charge is 0.228 e. The van der Waals surface area contributed by atoms with Crippen molar-refractivity contribution in [2.75, 3.05) is 5.32 Å². The molecule has 1 fully saturated rings. The summed E-state index contributed by atoms with van der Waals surface area (Å²) in [5, 5.41) is 6.99. The number of anilines is 1. The van der Waals surface area contributed by atoms with E-state index in [1.54, 1.807) is 22.7 Å². The normalized spacial score (nSPS) is 15.0. The van der Waals surface area contributed by atoms with Crippen molar-refractivity contribution >= 4 is 43.8 Å². The standard InChI is InChI=1S/C16H14N2OS2/c19-14(10-4-3-5-10)18-15-11(8-9-20-15)16-17-12-6-1-2-7-13(12)21-16/h1-2,6-10H,3-5H2,(H,18,19). The minimum absolute atomic E-state index is 0.158. The maximum atomic E-state index is 12.1. The Bertz CT molecular complexity index is 768. The van der Waals surface area contributed by atoms with Crippen LogP contribution in [-0.2, 0) is 4.79 Å². The summed E-state index contributed by atoms with van der Waals surface area (Å²) in [6.45, 7) is 0. The largest absolute Gasteiger partial charge is 0.317 e. The van der Waals surface area contributed by atoms with Crippen molar-refractivity contribution in [3.05, 3.63) is 35.7 Å². The molecule has 0 bridgehead atoms. The summed E-state index contributed by atoms with van der Waals surface area (Å²) < 4.78 is 1.18. The van der Waals surface area contributed by atoms with E-state index >= 15 is 0 Å². The number of nitrogens with zero attached hydrogens (tertiary/aromatic N) is 1. The van der Waals surface area contributed by atoms with Gasteiger partial charge in [-0.05, 0) is 36.4 Å². The summed E-state index contributed by atoms with van der Waals surface area (Å²) in [5.41, 5.74) is 2.05. The number of rotatable bonds is 3. The maximum Gasteiger partial charge on any atom is 0.228 e. The summed E-state index contributed by atoms with van der Waals surface area (Å²) in [5.74, 6) is 0.362. The van der Waals surface area contributed by atoms with Gasteiger partial charge < -0.3 is 5.32 Å². The molecule has 2 heterocycles. The number of carbonyl (C=O) groups is 1. The van der Waals surface area contributed by atoms with Crippen LogP contribution in [0.4, 0.5) is 5.00 Å². The van der Waals surface area contributed by atoms with Crippen LogP contribution in [0.2, 0.25) is 0 Å². The first kappa shape index (κ1) is 13.0. The van der Waals surface area contributed by atoms with Gasteiger partial charge in [0.1, 0.15) is 10.0 Å². The lowest BCUT2D eigenvalue weighted by atomic mass is 9.85. The molecule has 0 spiro atoms. The molecule has 0 unspecified atom stereocenters. The van der Waals surface area contributed by atoms with Crippen molar-refractivity contribution in [1.82, 2.24) is 4.98 Å². The molecular formula is C16H14N2OS2. The topological polar surface area (TPSA) is 42.0 Å². The summed E-state index contributed by atoms with van der Waals surface area (Å²) in [6.07, 6.45) is 3.22. The van der Waals surface area contributed by atoms with Crippen LogP contribution in [0.1, 0.15) is 19.3 Å². The first-order chi connectivity index (χ1) is 10.3. The second kappa shape index (κ2) is 5.24. The number of thiophene rings is 1. The monoisotopic (exact) mass is 314 g/mol. The Labute approximate surface area is 130 Å². The molecule has 0 saturated heterocycles. The van der Waals surface area contributed by atoms with Gasteiger partial charge in [-0.3, -0.25) is 4.79 Å². The number of para-hydroxylation sites is 1. The van der Waals surface area contributed by atoms with E-state index in [0.717, 1.165) is 33.9 Å². The number of carbonyl (C=O) groups excluding carboxylic acids is 1. The highest BCUT2D eigenvalue weighted by Crippen LogP contribution is 2.38. The van der Waals surface area contributed by atoms with Gasteiger partial charge in [0, 0.05) is 11.5 Å². The molecular weight excluding hydrogens is 300 g/mol. The van der Waals surface area contributed by atoms with Gasteiger partial charge in [-0.15, -0.1) is 22.7 Å². The molecule has 0 aliphatic heterocycles. The Balaban J connectivity index is 1.65. The van der Waals surface area contributed by atoms with E-state index < -0.39 is 0 Å². The van der Waals surface area contributed by atoms with Crippen molar-refractivity contribution in [3.63, 3.8) is 0 Å². The number of hydrogen-bond donors (Lipinski definition) is 1. The Morgan fingerprint density at radius 2 is 2.10 bits per heavy atom. The molecule has 0 atom stereocenters. The Hall–Kier alpha value is -1.72. The summed E-state index contributed by atoms with van der Waals surface area (Å²) in [4.78, 5) is 16.8. The van der Waals surface area contributed by atoms with Gasteiger partial charge in [-0.2, -0.15) is 0 Å². The quantitative estimate of drug-likeness (QED) is 0.757. The van der Waals surface area contributed by atoms with E-state index in [1.807, 2.05) is 29.6 Å². The lowest BCUT2D eigenvalue weighted by molar-refractivity contribution is -0.122. The Morgan fingerprint density at radius 3 is 2.86 bits per heavy atom. The molecule has 0 radical (unpaired) electrons. The van der Waals surface area contributed by atoms with Crippen molar-refractivity contribution in [3.8, 4) is 10.6 Å². The van der Waals surface area contributed by atoms with Gasteiger partial charge in [0.05, 0.1) is 10.2 Å². The summed E-state index contributed by atoms with van der Waals surface area (Å²) >= 11 is 3.24. The van der Waals surface area contributed by atoms with Crippen LogP contribution in [0.25, 0.3) is 20.8 Å². The molecule has 1 aromatic carbocycles. The predicted octanol–water partition coefficient (Wildman–Crippen LogP) is 4.76. The van der Waals surface area contributed by atoms with Crippen molar-refractivity contribution in [2.45, 2.75) is 19.3 Å². The average molecular weight is 314 g/mol. The number of thiazole rings is 1. The average Bonchev–Trinajstić information content (AvgIpc) is 3.01. The van der Waals surface area contributed by atoms with Gasteiger partial charge >= 0.3 is 0 Å². The van der Waals surface area contributed by atoms with Gasteiger partial charge in [0.25, 0.3) is 0 Å². The van der Waals surface area contributed by atoms with E-state index in [2.05, 4.69) is 16.4 Å². The van der Waals surface area contributed by atoms with Crippen LogP contribution in [-0.4, -0.2) is 10.9 Å². The van der Waals surface area contributed by atoms with Crippen molar-refractivity contribution in [2.24, 2.45) is 5.92 Å². The zero-order chi connectivity index (χ0) is 14.2. The first-order valence-corrected chi connectivity index (χ1v) is 8.75. The maximum absolute atomic E-state index is 12.1. The zero-order valence-corrected chi connectivity index (χ0v) is 13.0. The molecule has 5 heteroatoms. The molecule has 1 N–H and O–H groups in total. The van der Waals surface area contributed by atoms with E-state index in [9.17, 15) is 4.79 Å². The van der Waals surface area contributed by atoms with Crippen LogP contribution >= 0.6 is 22.7 Å². The lowest BCUT2D eigenvalue weighted by Gasteiger charge is -2.23. The van der Waals surface area contributed by atoms with Crippen LogP contribution in [0.15, 0.2) is 35.7 Å². The Kier molecular flexibility index (Phi) is 3.24. The molecule has 21 heavy (non-hydrogen) atoms. The van der Waals surface area contributed by atoms with Crippen LogP contribution in [0.5, 0.6) is 0 Å². The molecule has 1 aliphatic carbocycles. The van der Waals surface area contributed by atoms with Crippen LogP contribution < -0.4 is 5.32 Å². The van der Waals surface area contributed by atoms with Crippen LogP contribution in [0.3, 0.4) is 0 Å². The molecule has 1 saturated carbocycles. The third-order valence-corrected chi connectivity index (χ3v) is 5.80. The zero-order valence-electron chi connectivity index (χ0n) is 11.3. The fraction of sp³-hybridized carbons (Fsp3) is 0.250. The van der Waals surface area contributed by atoms with E-state index in [0.29, 0.717) is 0 Å². The Morgan fingerprint density at radius 1 is 1.24 bits per heavy atom. The highest BCUT2D eigenvalue weighted by Gasteiger charge is 2.26. The van der Waals surface area contributed by atoms with E-state index in [1.165, 1.54) is 11.1 Å². The van der Waals surface area contributed by atoms with Crippen LogP contribution in [0, 0.1) is 5.92 Å². The predicted molar refractivity (Wildman–Crippen MR) is 88.9 cm³/mol. The molecule has 4 rings (SSSR count). The minimum Gasteiger partial charge on any atom is -0.317 e. The summed E-state index contributed by atoms with van der Waals surface area (Å²) in [7, 11) is 0. The third-order valence-electron chi connectivity index (χ3n) is 3.90. The second-order valence-electron chi connectivity index (χ2n) is 5.27. The lowest BCUT2D eigenvalue weighted by Crippen LogP contribution is -2.27. The number of fused-ring (bicyclic) bond motifs is 1. The number of aromatic nitrogens is 1. The fourth-order valence-electron chi connectivity index (χ4n) is 2.45. The fourth-order valence-corrected chi connectivity index (χ4v) is 4.30. The molecule has 2 aromatic heterocycles. The molecule has 106 valence electrons. The molecule has 1 amide bonds. The first-order valence-electron chi connectivity index (χ1n) is 7.05. The summed E-state index contributed by atoms with van der Waals surface area (Å²) in [6, 6.07) is 10.2. The third kappa shape index (κ3) is 2.36.